The Bertz CT molecular complexity index is 1110. The van der Waals surface area contributed by atoms with Gasteiger partial charge in [-0.25, -0.2) is 4.79 Å². The first-order chi connectivity index (χ1) is 16.2. The number of carbonyl (C=O) groups excluding carboxylic acids is 2. The number of hydrogen-bond donors (Lipinski definition) is 1. The minimum Gasteiger partial charge on any atom is -0.483 e. The second-order valence-corrected chi connectivity index (χ2v) is 7.52. The van der Waals surface area contributed by atoms with Gasteiger partial charge in [-0.1, -0.05) is 48.5 Å². The van der Waals surface area contributed by atoms with Gasteiger partial charge in [-0.15, -0.1) is 0 Å². The fraction of sp³-hybridized carbons (Fsp3) is 0.231. The molecule has 33 heavy (non-hydrogen) atoms. The van der Waals surface area contributed by atoms with Crippen molar-refractivity contribution >= 4 is 23.3 Å². The number of hydrogen-bond acceptors (Lipinski definition) is 6. The lowest BCUT2D eigenvalue weighted by molar-refractivity contribution is -0.118. The summed E-state index contributed by atoms with van der Waals surface area (Å²) >= 11 is 0. The van der Waals surface area contributed by atoms with E-state index in [2.05, 4.69) is 10.2 Å². The maximum atomic E-state index is 12.7. The molecule has 0 atom stereocenters. The van der Waals surface area contributed by atoms with Crippen LogP contribution in [-0.4, -0.2) is 51.9 Å². The Balaban J connectivity index is 1.47. The highest BCUT2D eigenvalue weighted by molar-refractivity contribution is 6.02. The Morgan fingerprint density at radius 3 is 2.45 bits per heavy atom. The molecule has 1 saturated heterocycles. The quantitative estimate of drug-likeness (QED) is 0.553. The number of esters is 1. The van der Waals surface area contributed by atoms with Crippen LogP contribution in [0.25, 0.3) is 11.1 Å². The molecule has 0 unspecified atom stereocenters. The Morgan fingerprint density at radius 2 is 1.70 bits per heavy atom. The van der Waals surface area contributed by atoms with Crippen LogP contribution in [0.2, 0.25) is 0 Å². The summed E-state index contributed by atoms with van der Waals surface area (Å²) in [5.74, 6) is -0.285. The number of methoxy groups -OCH3 is 1. The number of para-hydroxylation sites is 1. The van der Waals surface area contributed by atoms with Crippen molar-refractivity contribution < 1.29 is 23.8 Å². The van der Waals surface area contributed by atoms with Crippen molar-refractivity contribution in [3.63, 3.8) is 0 Å². The monoisotopic (exact) mass is 446 g/mol. The van der Waals surface area contributed by atoms with Crippen molar-refractivity contribution in [1.29, 1.82) is 0 Å². The SMILES string of the molecule is COC(=O)c1cc(N2CCOCC2)ccc1NC(=O)COc1ccccc1-c1ccccc1. The molecule has 170 valence electrons. The average molecular weight is 447 g/mol. The van der Waals surface area contributed by atoms with Crippen molar-refractivity contribution in [3.8, 4) is 16.9 Å². The predicted molar refractivity (Wildman–Crippen MR) is 127 cm³/mol. The van der Waals surface area contributed by atoms with Crippen LogP contribution in [-0.2, 0) is 14.3 Å². The summed E-state index contributed by atoms with van der Waals surface area (Å²) in [7, 11) is 1.32. The van der Waals surface area contributed by atoms with Gasteiger partial charge in [0.25, 0.3) is 5.91 Å². The highest BCUT2D eigenvalue weighted by atomic mass is 16.5. The molecule has 4 rings (SSSR count). The molecular weight excluding hydrogens is 420 g/mol. The summed E-state index contributed by atoms with van der Waals surface area (Å²) < 4.78 is 16.1. The maximum Gasteiger partial charge on any atom is 0.340 e. The zero-order valence-corrected chi connectivity index (χ0v) is 18.5. The van der Waals surface area contributed by atoms with Crippen molar-refractivity contribution in [2.45, 2.75) is 0 Å². The van der Waals surface area contributed by atoms with Crippen LogP contribution < -0.4 is 15.0 Å². The molecule has 1 N–H and O–H groups in total. The summed E-state index contributed by atoms with van der Waals surface area (Å²) in [5.41, 5.74) is 3.45. The maximum absolute atomic E-state index is 12.7. The molecule has 7 heteroatoms. The summed E-state index contributed by atoms with van der Waals surface area (Å²) in [6.45, 7) is 2.54. The van der Waals surface area contributed by atoms with Crippen molar-refractivity contribution in [2.24, 2.45) is 0 Å². The molecule has 0 aliphatic carbocycles. The number of carbonyl (C=O) groups is 2. The number of nitrogens with one attached hydrogen (secondary N) is 1. The fourth-order valence-corrected chi connectivity index (χ4v) is 3.72. The summed E-state index contributed by atoms with van der Waals surface area (Å²) in [5, 5.41) is 2.78. The second-order valence-electron chi connectivity index (χ2n) is 7.52. The molecule has 3 aromatic rings. The Hall–Kier alpha value is -3.84. The number of rotatable bonds is 7. The van der Waals surface area contributed by atoms with Crippen LogP contribution in [0.5, 0.6) is 5.75 Å². The standard InChI is InChI=1S/C26H26N2O5/c1-31-26(30)22-17-20(28-13-15-32-16-14-28)11-12-23(22)27-25(29)18-33-24-10-6-5-9-21(24)19-7-3-2-4-8-19/h2-12,17H,13-16,18H2,1H3,(H,27,29). The minimum atomic E-state index is -0.518. The molecule has 3 aromatic carbocycles. The number of morpholine rings is 1. The van der Waals surface area contributed by atoms with Crippen molar-refractivity contribution in [3.05, 3.63) is 78.4 Å². The molecule has 0 aromatic heterocycles. The van der Waals surface area contributed by atoms with Gasteiger partial charge in [-0.2, -0.15) is 0 Å². The lowest BCUT2D eigenvalue weighted by Crippen LogP contribution is -2.36. The van der Waals surface area contributed by atoms with E-state index in [1.807, 2.05) is 60.7 Å². The van der Waals surface area contributed by atoms with Gasteiger partial charge >= 0.3 is 5.97 Å². The van der Waals surface area contributed by atoms with E-state index in [1.54, 1.807) is 12.1 Å². The molecule has 1 aliphatic rings. The largest absolute Gasteiger partial charge is 0.483 e. The Labute approximate surface area is 192 Å². The molecule has 7 nitrogen and oxygen atoms in total. The van der Waals surface area contributed by atoms with Crippen LogP contribution in [0.1, 0.15) is 10.4 Å². The first-order valence-corrected chi connectivity index (χ1v) is 10.8. The molecule has 0 saturated carbocycles. The Kier molecular flexibility index (Phi) is 7.22. The third kappa shape index (κ3) is 5.51. The smallest absolute Gasteiger partial charge is 0.340 e. The van der Waals surface area contributed by atoms with Gasteiger partial charge in [0.2, 0.25) is 0 Å². The lowest BCUT2D eigenvalue weighted by atomic mass is 10.1. The van der Waals surface area contributed by atoms with E-state index in [0.717, 1.165) is 29.9 Å². The van der Waals surface area contributed by atoms with Crippen LogP contribution in [0, 0.1) is 0 Å². The summed E-state index contributed by atoms with van der Waals surface area (Å²) in [6, 6.07) is 22.7. The fourth-order valence-electron chi connectivity index (χ4n) is 3.72. The molecule has 0 spiro atoms. The number of amides is 1. The average Bonchev–Trinajstić information content (AvgIpc) is 2.88. The predicted octanol–water partition coefficient (Wildman–Crippen LogP) is 3.99. The first-order valence-electron chi connectivity index (χ1n) is 10.8. The van der Waals surface area contributed by atoms with Gasteiger partial charge in [0.1, 0.15) is 5.75 Å². The molecule has 0 radical (unpaired) electrons. The second kappa shape index (κ2) is 10.7. The van der Waals surface area contributed by atoms with Crippen molar-refractivity contribution in [2.75, 3.05) is 50.2 Å². The van der Waals surface area contributed by atoms with E-state index in [4.69, 9.17) is 14.2 Å². The highest BCUT2D eigenvalue weighted by Crippen LogP contribution is 2.30. The first kappa shape index (κ1) is 22.4. The summed E-state index contributed by atoms with van der Waals surface area (Å²) in [6.07, 6.45) is 0. The molecule has 1 amide bonds. The van der Waals surface area contributed by atoms with Crippen LogP contribution >= 0.6 is 0 Å². The number of nitrogens with zero attached hydrogens (tertiary/aromatic N) is 1. The third-order valence-electron chi connectivity index (χ3n) is 5.39. The normalized spacial score (nSPS) is 13.3. The summed E-state index contributed by atoms with van der Waals surface area (Å²) in [4.78, 5) is 27.2. The highest BCUT2D eigenvalue weighted by Gasteiger charge is 2.19. The number of benzene rings is 3. The van der Waals surface area contributed by atoms with Gasteiger partial charge < -0.3 is 24.4 Å². The van der Waals surface area contributed by atoms with E-state index in [0.29, 0.717) is 30.2 Å². The van der Waals surface area contributed by atoms with E-state index < -0.39 is 5.97 Å². The number of ether oxygens (including phenoxy) is 3. The third-order valence-corrected chi connectivity index (χ3v) is 5.39. The zero-order valence-electron chi connectivity index (χ0n) is 18.5. The van der Waals surface area contributed by atoms with E-state index >= 15 is 0 Å². The van der Waals surface area contributed by atoms with E-state index in [-0.39, 0.29) is 12.5 Å². The van der Waals surface area contributed by atoms with Crippen LogP contribution in [0.3, 0.4) is 0 Å². The topological polar surface area (TPSA) is 77.1 Å². The van der Waals surface area contributed by atoms with Gasteiger partial charge in [-0.05, 0) is 29.8 Å². The van der Waals surface area contributed by atoms with E-state index in [9.17, 15) is 9.59 Å². The molecule has 1 aliphatic heterocycles. The van der Waals surface area contributed by atoms with Crippen LogP contribution in [0.15, 0.2) is 72.8 Å². The molecule has 1 fully saturated rings. The molecule has 0 bridgehead atoms. The van der Waals surface area contributed by atoms with Gasteiger partial charge in [0.05, 0.1) is 31.6 Å². The van der Waals surface area contributed by atoms with Crippen molar-refractivity contribution in [1.82, 2.24) is 0 Å². The molecule has 1 heterocycles. The lowest BCUT2D eigenvalue weighted by Gasteiger charge is -2.29. The van der Waals surface area contributed by atoms with Gasteiger partial charge in [0.15, 0.2) is 6.61 Å². The molecular formula is C26H26N2O5. The van der Waals surface area contributed by atoms with Gasteiger partial charge in [0, 0.05) is 24.3 Å². The Morgan fingerprint density at radius 1 is 0.970 bits per heavy atom. The van der Waals surface area contributed by atoms with Crippen LogP contribution in [0.4, 0.5) is 11.4 Å². The van der Waals surface area contributed by atoms with E-state index in [1.165, 1.54) is 7.11 Å². The number of anilines is 2. The zero-order chi connectivity index (χ0) is 23.0. The minimum absolute atomic E-state index is 0.199. The van der Waals surface area contributed by atoms with Gasteiger partial charge in [-0.3, -0.25) is 4.79 Å².